The highest BCUT2D eigenvalue weighted by atomic mass is 16.4. The molecule has 1 rings (SSSR count). The van der Waals surface area contributed by atoms with Gasteiger partial charge < -0.3 is 14.8 Å². The van der Waals surface area contributed by atoms with Gasteiger partial charge in [-0.1, -0.05) is 6.08 Å². The molecule has 0 radical (unpaired) electrons. The first kappa shape index (κ1) is 11.8. The molecule has 0 aromatic carbocycles. The van der Waals surface area contributed by atoms with Crippen molar-refractivity contribution in [3.05, 3.63) is 11.6 Å². The molecular weight excluding hydrogens is 170 g/mol. The number of rotatable bonds is 1. The molecule has 1 N–H and O–H groups in total. The summed E-state index contributed by atoms with van der Waals surface area (Å²) in [4.78, 5) is 20.6. The highest BCUT2D eigenvalue weighted by Crippen LogP contribution is 2.09. The number of aliphatic carboxylic acids is 1. The minimum absolute atomic E-state index is 0.564. The molecule has 4 nitrogen and oxygen atoms in total. The Morgan fingerprint density at radius 1 is 1.62 bits per heavy atom. The number of carbonyl (C=O) groups is 2. The van der Waals surface area contributed by atoms with Gasteiger partial charge in [0.2, 0.25) is 0 Å². The summed E-state index contributed by atoms with van der Waals surface area (Å²) in [6, 6.07) is 0. The molecule has 0 atom stereocenters. The minimum Gasteiger partial charge on any atom is -0.478 e. The van der Waals surface area contributed by atoms with E-state index in [1.807, 2.05) is 13.8 Å². The molecule has 0 bridgehead atoms. The smallest absolute Gasteiger partial charge is 0.331 e. The Morgan fingerprint density at radius 2 is 2.23 bits per heavy atom. The lowest BCUT2D eigenvalue weighted by atomic mass is 10.1. The van der Waals surface area contributed by atoms with Crippen LogP contribution in [0.4, 0.5) is 0 Å². The van der Waals surface area contributed by atoms with E-state index in [1.54, 1.807) is 6.08 Å². The molecule has 1 aliphatic rings. The van der Waals surface area contributed by atoms with Gasteiger partial charge in [-0.05, 0) is 26.4 Å². The monoisotopic (exact) mass is 185 g/mol. The average Bonchev–Trinajstić information content (AvgIpc) is 2.33. The normalized spacial score (nSPS) is 17.8. The van der Waals surface area contributed by atoms with Crippen molar-refractivity contribution in [2.75, 3.05) is 20.1 Å². The molecule has 0 aromatic rings. The number of carbonyl (C=O) groups excluding carboxylic acids is 1. The molecule has 0 amide bonds. The molecule has 4 heteroatoms. The van der Waals surface area contributed by atoms with Gasteiger partial charge in [-0.25, -0.2) is 4.79 Å². The van der Waals surface area contributed by atoms with Crippen LogP contribution >= 0.6 is 0 Å². The Morgan fingerprint density at radius 3 is 2.77 bits per heavy atom. The predicted octanol–water partition coefficient (Wildman–Crippen LogP) is 0.538. The predicted molar refractivity (Wildman–Crippen MR) is 49.6 cm³/mol. The van der Waals surface area contributed by atoms with Gasteiger partial charge in [-0.3, -0.25) is 0 Å². The van der Waals surface area contributed by atoms with Crippen LogP contribution in [0.25, 0.3) is 0 Å². The van der Waals surface area contributed by atoms with Crippen molar-refractivity contribution in [1.29, 1.82) is 0 Å². The highest BCUT2D eigenvalue weighted by molar-refractivity contribution is 5.86. The fourth-order valence-electron chi connectivity index (χ4n) is 1.19. The zero-order chi connectivity index (χ0) is 10.3. The summed E-state index contributed by atoms with van der Waals surface area (Å²) >= 11 is 0. The van der Waals surface area contributed by atoms with Crippen molar-refractivity contribution in [3.8, 4) is 0 Å². The molecule has 0 fully saturated rings. The summed E-state index contributed by atoms with van der Waals surface area (Å²) in [6.45, 7) is 3.76. The van der Waals surface area contributed by atoms with E-state index in [1.165, 1.54) is 0 Å². The van der Waals surface area contributed by atoms with E-state index in [2.05, 4.69) is 4.90 Å². The lowest BCUT2D eigenvalue weighted by Crippen LogP contribution is -2.17. The number of hydrogen-bond donors (Lipinski definition) is 1. The Bertz CT molecular complexity index is 201. The van der Waals surface area contributed by atoms with Crippen LogP contribution in [-0.4, -0.2) is 42.9 Å². The van der Waals surface area contributed by atoms with E-state index in [0.29, 0.717) is 12.0 Å². The topological polar surface area (TPSA) is 57.6 Å². The van der Waals surface area contributed by atoms with E-state index < -0.39 is 5.97 Å². The van der Waals surface area contributed by atoms with E-state index in [4.69, 9.17) is 9.90 Å². The maximum absolute atomic E-state index is 10.5. The molecule has 1 heterocycles. The summed E-state index contributed by atoms with van der Waals surface area (Å²) in [5, 5.41) is 8.66. The zero-order valence-corrected chi connectivity index (χ0v) is 7.82. The lowest BCUT2D eigenvalue weighted by molar-refractivity contribution is -0.132. The minimum atomic E-state index is -0.764. The number of hydrogen-bond acceptors (Lipinski definition) is 3. The Labute approximate surface area is 77.8 Å². The molecule has 0 saturated heterocycles. The van der Waals surface area contributed by atoms with E-state index in [9.17, 15) is 4.79 Å². The third-order valence-electron chi connectivity index (χ3n) is 1.91. The summed E-state index contributed by atoms with van der Waals surface area (Å²) in [5.74, 6) is -0.764. The van der Waals surface area contributed by atoms with Crippen LogP contribution in [0.15, 0.2) is 11.6 Å². The molecule has 13 heavy (non-hydrogen) atoms. The first-order valence-electron chi connectivity index (χ1n) is 4.10. The van der Waals surface area contributed by atoms with Crippen molar-refractivity contribution in [1.82, 2.24) is 4.90 Å². The molecule has 0 unspecified atom stereocenters. The number of carboxylic acids is 1. The van der Waals surface area contributed by atoms with Gasteiger partial charge in [0.05, 0.1) is 0 Å². The van der Waals surface area contributed by atoms with Gasteiger partial charge >= 0.3 is 5.97 Å². The summed E-state index contributed by atoms with van der Waals surface area (Å²) < 4.78 is 0. The molecule has 1 aliphatic heterocycles. The summed E-state index contributed by atoms with van der Waals surface area (Å²) in [5.41, 5.74) is 0.564. The summed E-state index contributed by atoms with van der Waals surface area (Å²) in [7, 11) is 2.00. The molecular formula is C9H15NO3. The zero-order valence-electron chi connectivity index (χ0n) is 7.82. The van der Waals surface area contributed by atoms with Crippen LogP contribution in [0.2, 0.25) is 0 Å². The Hall–Kier alpha value is -1.16. The van der Waals surface area contributed by atoms with E-state index >= 15 is 0 Å². The molecule has 0 spiro atoms. The van der Waals surface area contributed by atoms with Crippen LogP contribution in [0.3, 0.4) is 0 Å². The van der Waals surface area contributed by atoms with Crippen LogP contribution in [0.5, 0.6) is 0 Å². The van der Waals surface area contributed by atoms with Crippen LogP contribution in [-0.2, 0) is 9.59 Å². The van der Waals surface area contributed by atoms with Gasteiger partial charge in [0.25, 0.3) is 0 Å². The maximum atomic E-state index is 10.5. The fraction of sp³-hybridized carbons (Fsp3) is 0.556. The highest BCUT2D eigenvalue weighted by Gasteiger charge is 2.10. The average molecular weight is 185 g/mol. The van der Waals surface area contributed by atoms with Crippen molar-refractivity contribution in [2.45, 2.75) is 12.8 Å². The quantitative estimate of drug-likeness (QED) is 0.647. The molecule has 0 aromatic heterocycles. The van der Waals surface area contributed by atoms with Crippen LogP contribution in [0.1, 0.15) is 12.8 Å². The number of carboxylic acid groups (broad SMARTS) is 1. The maximum Gasteiger partial charge on any atom is 0.331 e. The van der Waals surface area contributed by atoms with Crippen molar-refractivity contribution >= 4 is 12.8 Å². The van der Waals surface area contributed by atoms with Crippen molar-refractivity contribution in [3.63, 3.8) is 0 Å². The fourth-order valence-corrected chi connectivity index (χ4v) is 1.19. The van der Waals surface area contributed by atoms with Crippen molar-refractivity contribution < 1.29 is 14.7 Å². The summed E-state index contributed by atoms with van der Waals surface area (Å²) in [6.07, 6.45) is 3.46. The van der Waals surface area contributed by atoms with Gasteiger partial charge in [0.1, 0.15) is 6.79 Å². The van der Waals surface area contributed by atoms with Gasteiger partial charge in [-0.15, -0.1) is 0 Å². The largest absolute Gasteiger partial charge is 0.478 e. The first-order chi connectivity index (χ1) is 6.20. The second-order valence-corrected chi connectivity index (χ2v) is 2.90. The molecule has 74 valence electrons. The lowest BCUT2D eigenvalue weighted by Gasteiger charge is -2.09. The Kier molecular flexibility index (Phi) is 5.80. The number of likely N-dealkylation sites (N-methyl/N-ethyl adjacent to an activating group) is 1. The second kappa shape index (κ2) is 6.37. The van der Waals surface area contributed by atoms with Gasteiger partial charge in [0, 0.05) is 12.1 Å². The van der Waals surface area contributed by atoms with Gasteiger partial charge in [0.15, 0.2) is 0 Å². The number of nitrogens with zero attached hydrogens (tertiary/aromatic N) is 1. The molecule has 0 saturated carbocycles. The Balaban J connectivity index is 0.000000671. The first-order valence-corrected chi connectivity index (χ1v) is 4.10. The van der Waals surface area contributed by atoms with Crippen LogP contribution < -0.4 is 0 Å². The van der Waals surface area contributed by atoms with Gasteiger partial charge in [-0.2, -0.15) is 0 Å². The van der Waals surface area contributed by atoms with E-state index in [-0.39, 0.29) is 0 Å². The SMILES string of the molecule is C=O.CN1CC=C(C(=O)O)CCC1. The molecule has 0 aliphatic carbocycles. The third kappa shape index (κ3) is 4.42. The van der Waals surface area contributed by atoms with Crippen LogP contribution in [0, 0.1) is 0 Å². The van der Waals surface area contributed by atoms with Crippen molar-refractivity contribution in [2.24, 2.45) is 0 Å². The third-order valence-corrected chi connectivity index (χ3v) is 1.91. The standard InChI is InChI=1S/C8H13NO2.CH2O/c1-9-5-2-3-7(4-6-9)8(10)11;1-2/h4H,2-3,5-6H2,1H3,(H,10,11);1H2. The second-order valence-electron chi connectivity index (χ2n) is 2.90. The van der Waals surface area contributed by atoms with E-state index in [0.717, 1.165) is 19.5 Å².